The van der Waals surface area contributed by atoms with E-state index in [2.05, 4.69) is 0 Å². The molecule has 1 unspecified atom stereocenters. The van der Waals surface area contributed by atoms with Crippen LogP contribution in [0.3, 0.4) is 0 Å². The molecular weight excluding hydrogens is 450 g/mol. The van der Waals surface area contributed by atoms with Crippen LogP contribution in [0.2, 0.25) is 0 Å². The molecule has 0 heterocycles. The number of carbonyl (C=O) groups is 4. The van der Waals surface area contributed by atoms with Gasteiger partial charge in [-0.05, 0) is 41.5 Å². The molecule has 12 heteroatoms. The topological polar surface area (TPSA) is 274 Å². The van der Waals surface area contributed by atoms with E-state index in [-0.39, 0.29) is 18.5 Å². The van der Waals surface area contributed by atoms with Gasteiger partial charge in [0.2, 0.25) is 0 Å². The molecule has 1 aliphatic rings. The minimum atomic E-state index is -1.44. The lowest BCUT2D eigenvalue weighted by Crippen LogP contribution is -2.20. The third-order valence-electron chi connectivity index (χ3n) is 4.93. The number of aromatic carboxylic acids is 2. The van der Waals surface area contributed by atoms with E-state index in [9.17, 15) is 44.7 Å². The predicted molar refractivity (Wildman–Crippen MR) is 120 cm³/mol. The fourth-order valence-corrected chi connectivity index (χ4v) is 3.48. The number of carboxylic acids is 3. The van der Waals surface area contributed by atoms with Gasteiger partial charge in [0, 0.05) is 11.8 Å². The first-order valence-corrected chi connectivity index (χ1v) is 8.90. The van der Waals surface area contributed by atoms with Gasteiger partial charge in [-0.15, -0.1) is 0 Å². The van der Waals surface area contributed by atoms with Crippen molar-refractivity contribution in [2.24, 2.45) is 5.92 Å². The van der Waals surface area contributed by atoms with Crippen LogP contribution in [0.15, 0.2) is 60.2 Å². The number of allylic oxidation sites excluding steroid dienone is 3. The minimum Gasteiger partial charge on any atom is -0.507 e. The molecule has 3 rings (SSSR count). The largest absolute Gasteiger partial charge is 0.507 e. The highest BCUT2D eigenvalue weighted by Gasteiger charge is 2.30. The van der Waals surface area contributed by atoms with Gasteiger partial charge in [0.15, 0.2) is 5.78 Å². The van der Waals surface area contributed by atoms with Gasteiger partial charge in [0.1, 0.15) is 28.2 Å². The molecule has 0 spiro atoms. The normalized spacial score (nSPS) is 14.2. The molecule has 12 nitrogen and oxygen atoms in total. The van der Waals surface area contributed by atoms with Gasteiger partial charge in [0.25, 0.3) is 0 Å². The van der Waals surface area contributed by atoms with Crippen LogP contribution in [0.25, 0.3) is 0 Å². The van der Waals surface area contributed by atoms with E-state index >= 15 is 0 Å². The second-order valence-corrected chi connectivity index (χ2v) is 6.83. The van der Waals surface area contributed by atoms with E-state index in [0.29, 0.717) is 11.1 Å². The zero-order chi connectivity index (χ0) is 22.9. The molecule has 0 saturated carbocycles. The molecular formula is C22H25N3O9. The lowest BCUT2D eigenvalue weighted by Gasteiger charge is -2.26. The van der Waals surface area contributed by atoms with Crippen molar-refractivity contribution in [3.63, 3.8) is 0 Å². The van der Waals surface area contributed by atoms with Gasteiger partial charge in [-0.25, -0.2) is 14.4 Å². The van der Waals surface area contributed by atoms with Crippen molar-refractivity contribution >= 4 is 23.7 Å². The molecule has 0 radical (unpaired) electrons. The first kappa shape index (κ1) is 29.5. The highest BCUT2D eigenvalue weighted by Crippen LogP contribution is 2.39. The van der Waals surface area contributed by atoms with Crippen LogP contribution in [0.4, 0.5) is 0 Å². The van der Waals surface area contributed by atoms with Crippen molar-refractivity contribution in [3.8, 4) is 11.5 Å². The Morgan fingerprint density at radius 3 is 1.56 bits per heavy atom. The maximum absolute atomic E-state index is 11.9. The second kappa shape index (κ2) is 11.4. The van der Waals surface area contributed by atoms with Crippen molar-refractivity contribution in [2.45, 2.75) is 5.92 Å². The van der Waals surface area contributed by atoms with E-state index in [4.69, 9.17) is 0 Å². The summed E-state index contributed by atoms with van der Waals surface area (Å²) in [7, 11) is 0. The van der Waals surface area contributed by atoms with Gasteiger partial charge in [0.05, 0.1) is 0 Å². The van der Waals surface area contributed by atoms with Gasteiger partial charge >= 0.3 is 17.9 Å². The molecule has 1 aliphatic carbocycles. The Labute approximate surface area is 193 Å². The van der Waals surface area contributed by atoms with Gasteiger partial charge in [-0.1, -0.05) is 24.3 Å². The molecule has 0 aliphatic heterocycles. The maximum atomic E-state index is 11.9. The summed E-state index contributed by atoms with van der Waals surface area (Å²) in [6.45, 7) is 0. The van der Waals surface area contributed by atoms with Crippen molar-refractivity contribution in [1.82, 2.24) is 18.5 Å². The van der Waals surface area contributed by atoms with Gasteiger partial charge < -0.3 is 44.0 Å². The third-order valence-corrected chi connectivity index (χ3v) is 4.93. The number of aliphatic carboxylic acids is 1. The number of hydrogen-bond donors (Lipinski definition) is 8. The van der Waals surface area contributed by atoms with Crippen LogP contribution >= 0.6 is 0 Å². The summed E-state index contributed by atoms with van der Waals surface area (Å²) < 4.78 is 0. The van der Waals surface area contributed by atoms with Gasteiger partial charge in [-0.2, -0.15) is 0 Å². The molecule has 0 aromatic heterocycles. The Bertz CT molecular complexity index is 1120. The van der Waals surface area contributed by atoms with E-state index in [0.717, 1.165) is 18.2 Å². The van der Waals surface area contributed by atoms with Crippen LogP contribution < -0.4 is 18.5 Å². The number of benzene rings is 2. The lowest BCUT2D eigenvalue weighted by molar-refractivity contribution is -0.134. The quantitative estimate of drug-likeness (QED) is 0.280. The van der Waals surface area contributed by atoms with Crippen LogP contribution in [0, 0.1) is 5.92 Å². The monoisotopic (exact) mass is 475 g/mol. The lowest BCUT2D eigenvalue weighted by atomic mass is 9.77. The highest BCUT2D eigenvalue weighted by atomic mass is 16.4. The van der Waals surface area contributed by atoms with Crippen LogP contribution in [-0.2, 0) is 9.59 Å². The van der Waals surface area contributed by atoms with Crippen LogP contribution in [0.5, 0.6) is 11.5 Å². The summed E-state index contributed by atoms with van der Waals surface area (Å²) in [5.41, 5.74) is -0.646. The van der Waals surface area contributed by atoms with Crippen LogP contribution in [-0.4, -0.2) is 49.2 Å². The fourth-order valence-electron chi connectivity index (χ4n) is 3.48. The molecule has 0 amide bonds. The molecule has 0 bridgehead atoms. The zero-order valence-corrected chi connectivity index (χ0v) is 17.8. The Morgan fingerprint density at radius 1 is 0.735 bits per heavy atom. The fraction of sp³-hybridized carbons (Fsp3) is 0.0909. The zero-order valence-electron chi connectivity index (χ0n) is 17.8. The molecule has 0 saturated heterocycles. The Hall–Kier alpha value is -4.52. The minimum absolute atomic E-state index is 0. The number of phenols is 2. The first-order valence-electron chi connectivity index (χ1n) is 8.90. The summed E-state index contributed by atoms with van der Waals surface area (Å²) in [5.74, 6) is -7.50. The Morgan fingerprint density at radius 2 is 1.18 bits per heavy atom. The maximum Gasteiger partial charge on any atom is 0.339 e. The molecule has 0 fully saturated rings. The number of ketones is 1. The summed E-state index contributed by atoms with van der Waals surface area (Å²) >= 11 is 0. The Balaban J connectivity index is 0.00000363. The van der Waals surface area contributed by atoms with Crippen LogP contribution in [0.1, 0.15) is 37.8 Å². The van der Waals surface area contributed by atoms with Crippen molar-refractivity contribution in [2.75, 3.05) is 0 Å². The third kappa shape index (κ3) is 5.63. The number of carbonyl (C=O) groups excluding carboxylic acids is 1. The molecule has 182 valence electrons. The summed E-state index contributed by atoms with van der Waals surface area (Å²) in [6, 6.07) is 7.52. The molecule has 14 N–H and O–H groups in total. The van der Waals surface area contributed by atoms with Crippen molar-refractivity contribution in [1.29, 1.82) is 0 Å². The van der Waals surface area contributed by atoms with E-state index in [1.165, 1.54) is 36.4 Å². The summed E-state index contributed by atoms with van der Waals surface area (Å²) in [5, 5.41) is 47.6. The highest BCUT2D eigenvalue weighted by molar-refractivity contribution is 6.21. The standard InChI is InChI=1S/C22H16O9.3H3N/c23-16-4-1-10(7-13(16)20(26)27)19(11-2-5-17(24)14(8-11)21(28)29)12-3-6-18(25)15(9-12)22(30)31;;;/h1-10,19,24-25H,(H,26,27)(H,28,29)(H,30,31);3*1H3. The van der Waals surface area contributed by atoms with E-state index in [1.54, 1.807) is 0 Å². The summed E-state index contributed by atoms with van der Waals surface area (Å²) in [6.07, 6.45) is 3.72. The molecule has 2 aromatic carbocycles. The van der Waals surface area contributed by atoms with Crippen molar-refractivity contribution in [3.05, 3.63) is 82.5 Å². The molecule has 34 heavy (non-hydrogen) atoms. The number of aromatic hydroxyl groups is 2. The molecule has 1 atom stereocenters. The number of hydrogen-bond acceptors (Lipinski definition) is 9. The SMILES string of the molecule is N.N.N.O=C(O)C1=CC(C(c2ccc(O)c(C(=O)O)c2)c2ccc(O)c(C(=O)O)c2)C=CC1=O. The summed E-state index contributed by atoms with van der Waals surface area (Å²) in [4.78, 5) is 46.3. The van der Waals surface area contributed by atoms with Crippen molar-refractivity contribution < 1.29 is 44.7 Å². The smallest absolute Gasteiger partial charge is 0.339 e. The number of carboxylic acid groups (broad SMARTS) is 3. The van der Waals surface area contributed by atoms with E-state index < -0.39 is 63.7 Å². The number of rotatable bonds is 6. The van der Waals surface area contributed by atoms with E-state index in [1.807, 2.05) is 0 Å². The molecule has 2 aromatic rings. The Kier molecular flexibility index (Phi) is 9.86. The predicted octanol–water partition coefficient (Wildman–Crippen LogP) is 2.88. The second-order valence-electron chi connectivity index (χ2n) is 6.83. The average molecular weight is 475 g/mol. The average Bonchev–Trinajstić information content (AvgIpc) is 2.71. The van der Waals surface area contributed by atoms with Gasteiger partial charge in [-0.3, -0.25) is 4.79 Å². The first-order chi connectivity index (χ1) is 14.6.